The average Bonchev–Trinajstić information content (AvgIpc) is 2.92. The van der Waals surface area contributed by atoms with E-state index in [0.29, 0.717) is 12.3 Å². The number of sulfone groups is 1. The van der Waals surface area contributed by atoms with Gasteiger partial charge in [-0.25, -0.2) is 13.4 Å². The number of hydrogen-bond acceptors (Lipinski definition) is 4. The summed E-state index contributed by atoms with van der Waals surface area (Å²) in [6.07, 6.45) is 5.13. The van der Waals surface area contributed by atoms with Crippen molar-refractivity contribution >= 4 is 21.3 Å². The van der Waals surface area contributed by atoms with Crippen LogP contribution >= 0.6 is 0 Å². The molecule has 0 bridgehead atoms. The number of hydrogen-bond donors (Lipinski definition) is 1. The van der Waals surface area contributed by atoms with Gasteiger partial charge in [-0.2, -0.15) is 0 Å². The second-order valence-electron chi connectivity index (χ2n) is 4.58. The van der Waals surface area contributed by atoms with Gasteiger partial charge in [0.1, 0.15) is 11.5 Å². The minimum absolute atomic E-state index is 0.253. The van der Waals surface area contributed by atoms with Crippen LogP contribution in [-0.2, 0) is 9.84 Å². The molecule has 1 N–H and O–H groups in total. The number of nitrogens with zero attached hydrogens (tertiary/aromatic N) is 2. The molecule has 0 aliphatic carbocycles. The van der Waals surface area contributed by atoms with Crippen LogP contribution < -0.4 is 5.32 Å². The van der Waals surface area contributed by atoms with E-state index in [0.717, 1.165) is 24.3 Å². The van der Waals surface area contributed by atoms with Crippen LogP contribution in [0.25, 0.3) is 5.65 Å². The Hall–Kier alpha value is -1.56. The lowest BCUT2D eigenvalue weighted by molar-refractivity contribution is 0.591. The molecule has 18 heavy (non-hydrogen) atoms. The summed E-state index contributed by atoms with van der Waals surface area (Å²) < 4.78 is 25.4. The van der Waals surface area contributed by atoms with Gasteiger partial charge in [-0.05, 0) is 25.0 Å². The van der Waals surface area contributed by atoms with Crippen molar-refractivity contribution in [3.05, 3.63) is 30.6 Å². The molecule has 3 heterocycles. The first-order chi connectivity index (χ1) is 8.67. The maximum absolute atomic E-state index is 11.7. The van der Waals surface area contributed by atoms with Crippen molar-refractivity contribution in [2.75, 3.05) is 17.6 Å². The highest BCUT2D eigenvalue weighted by Gasteiger charge is 2.30. The van der Waals surface area contributed by atoms with E-state index >= 15 is 0 Å². The number of pyridine rings is 1. The summed E-state index contributed by atoms with van der Waals surface area (Å²) >= 11 is 0. The first-order valence-corrected chi connectivity index (χ1v) is 7.76. The van der Waals surface area contributed by atoms with Crippen LogP contribution in [0.5, 0.6) is 0 Å². The Morgan fingerprint density at radius 1 is 1.44 bits per heavy atom. The number of anilines is 1. The lowest BCUT2D eigenvalue weighted by Crippen LogP contribution is -2.25. The van der Waals surface area contributed by atoms with Crippen molar-refractivity contribution in [2.24, 2.45) is 0 Å². The van der Waals surface area contributed by atoms with E-state index in [1.807, 2.05) is 28.8 Å². The standard InChI is InChI=1S/C12H15N3O2S/c16-18(17)8-2-3-10(18)9-14-12-5-1-4-11-13-6-7-15(11)12/h1,4-7,10,14H,2-3,8-9H2. The van der Waals surface area contributed by atoms with Gasteiger partial charge >= 0.3 is 0 Å². The van der Waals surface area contributed by atoms with Gasteiger partial charge in [-0.1, -0.05) is 6.07 Å². The van der Waals surface area contributed by atoms with Gasteiger partial charge in [0.2, 0.25) is 0 Å². The summed E-state index contributed by atoms with van der Waals surface area (Å²) in [5.41, 5.74) is 0.856. The van der Waals surface area contributed by atoms with E-state index in [1.54, 1.807) is 6.20 Å². The van der Waals surface area contributed by atoms with Crippen LogP contribution in [0, 0.1) is 0 Å². The zero-order valence-corrected chi connectivity index (χ0v) is 10.7. The highest BCUT2D eigenvalue weighted by Crippen LogP contribution is 2.20. The molecule has 0 radical (unpaired) electrons. The predicted octanol–water partition coefficient (Wildman–Crippen LogP) is 1.32. The molecule has 96 valence electrons. The first kappa shape index (κ1) is 11.5. The lowest BCUT2D eigenvalue weighted by Gasteiger charge is -2.13. The molecular weight excluding hydrogens is 250 g/mol. The molecule has 1 fully saturated rings. The van der Waals surface area contributed by atoms with E-state index in [1.165, 1.54) is 0 Å². The van der Waals surface area contributed by atoms with Crippen molar-refractivity contribution in [1.82, 2.24) is 9.38 Å². The van der Waals surface area contributed by atoms with E-state index in [2.05, 4.69) is 10.3 Å². The Kier molecular flexibility index (Phi) is 2.74. The molecule has 5 nitrogen and oxygen atoms in total. The third-order valence-electron chi connectivity index (χ3n) is 3.40. The normalized spacial score (nSPS) is 22.3. The van der Waals surface area contributed by atoms with Crippen molar-refractivity contribution in [3.63, 3.8) is 0 Å². The maximum Gasteiger partial charge on any atom is 0.154 e. The van der Waals surface area contributed by atoms with E-state index in [-0.39, 0.29) is 5.25 Å². The Morgan fingerprint density at radius 3 is 3.11 bits per heavy atom. The number of fused-ring (bicyclic) bond motifs is 1. The van der Waals surface area contributed by atoms with E-state index < -0.39 is 9.84 Å². The Morgan fingerprint density at radius 2 is 2.33 bits per heavy atom. The van der Waals surface area contributed by atoms with Crippen LogP contribution in [0.2, 0.25) is 0 Å². The summed E-state index contributed by atoms with van der Waals surface area (Å²) in [5, 5.41) is 2.96. The summed E-state index contributed by atoms with van der Waals surface area (Å²) in [4.78, 5) is 4.19. The van der Waals surface area contributed by atoms with Gasteiger partial charge < -0.3 is 5.32 Å². The second kappa shape index (κ2) is 4.28. The number of rotatable bonds is 3. The molecule has 0 amide bonds. The minimum Gasteiger partial charge on any atom is -0.370 e. The van der Waals surface area contributed by atoms with Gasteiger partial charge in [0.25, 0.3) is 0 Å². The molecule has 1 unspecified atom stereocenters. The zero-order valence-electron chi connectivity index (χ0n) is 9.91. The molecular formula is C12H15N3O2S. The molecule has 0 spiro atoms. The fourth-order valence-electron chi connectivity index (χ4n) is 2.40. The van der Waals surface area contributed by atoms with Gasteiger partial charge in [0, 0.05) is 18.9 Å². The molecule has 0 saturated carbocycles. The fourth-order valence-corrected chi connectivity index (χ4v) is 4.16. The lowest BCUT2D eigenvalue weighted by atomic mass is 10.2. The smallest absolute Gasteiger partial charge is 0.154 e. The molecule has 1 saturated heterocycles. The van der Waals surface area contributed by atoms with Crippen LogP contribution in [-0.4, -0.2) is 35.4 Å². The summed E-state index contributed by atoms with van der Waals surface area (Å²) in [6, 6.07) is 5.75. The first-order valence-electron chi connectivity index (χ1n) is 6.04. The third kappa shape index (κ3) is 1.96. The molecule has 2 aromatic heterocycles. The summed E-state index contributed by atoms with van der Waals surface area (Å²) in [6.45, 7) is 0.472. The van der Waals surface area contributed by atoms with Crippen molar-refractivity contribution < 1.29 is 8.42 Å². The van der Waals surface area contributed by atoms with Crippen LogP contribution in [0.3, 0.4) is 0 Å². The molecule has 1 aliphatic heterocycles. The van der Waals surface area contributed by atoms with Crippen LogP contribution in [0.4, 0.5) is 5.82 Å². The van der Waals surface area contributed by atoms with Crippen molar-refractivity contribution in [1.29, 1.82) is 0 Å². The fraction of sp³-hybridized carbons (Fsp3) is 0.417. The molecule has 3 rings (SSSR count). The van der Waals surface area contributed by atoms with Crippen LogP contribution in [0.1, 0.15) is 12.8 Å². The minimum atomic E-state index is -2.88. The highest BCUT2D eigenvalue weighted by atomic mass is 32.2. The van der Waals surface area contributed by atoms with Crippen molar-refractivity contribution in [2.45, 2.75) is 18.1 Å². The molecule has 0 aromatic carbocycles. The second-order valence-corrected chi connectivity index (χ2v) is 6.98. The van der Waals surface area contributed by atoms with Gasteiger partial charge in [0.05, 0.1) is 11.0 Å². The van der Waals surface area contributed by atoms with E-state index in [9.17, 15) is 8.42 Å². The van der Waals surface area contributed by atoms with Gasteiger partial charge in [-0.3, -0.25) is 4.40 Å². The summed E-state index contributed by atoms with van der Waals surface area (Å²) in [7, 11) is -2.88. The van der Waals surface area contributed by atoms with Gasteiger partial charge in [0.15, 0.2) is 9.84 Å². The number of aromatic nitrogens is 2. The quantitative estimate of drug-likeness (QED) is 0.909. The Labute approximate surface area is 106 Å². The Bertz CT molecular complexity index is 663. The highest BCUT2D eigenvalue weighted by molar-refractivity contribution is 7.92. The SMILES string of the molecule is O=S1(=O)CCCC1CNc1cccc2nccn12. The largest absolute Gasteiger partial charge is 0.370 e. The van der Waals surface area contributed by atoms with E-state index in [4.69, 9.17) is 0 Å². The number of nitrogens with one attached hydrogen (secondary N) is 1. The van der Waals surface area contributed by atoms with Crippen LogP contribution in [0.15, 0.2) is 30.6 Å². The predicted molar refractivity (Wildman–Crippen MR) is 70.5 cm³/mol. The third-order valence-corrected chi connectivity index (χ3v) is 5.68. The monoisotopic (exact) mass is 265 g/mol. The maximum atomic E-state index is 11.7. The Balaban J connectivity index is 1.79. The topological polar surface area (TPSA) is 63.5 Å². The molecule has 6 heteroatoms. The number of imidazole rings is 1. The molecule has 1 atom stereocenters. The van der Waals surface area contributed by atoms with Crippen molar-refractivity contribution in [3.8, 4) is 0 Å². The molecule has 2 aromatic rings. The average molecular weight is 265 g/mol. The summed E-state index contributed by atoms with van der Waals surface area (Å²) in [5.74, 6) is 1.21. The van der Waals surface area contributed by atoms with Gasteiger partial charge in [-0.15, -0.1) is 0 Å². The zero-order chi connectivity index (χ0) is 12.6. The molecule has 1 aliphatic rings.